The number of likely N-dealkylation sites (tertiary alicyclic amines) is 1. The van der Waals surface area contributed by atoms with E-state index in [0.717, 1.165) is 13.1 Å². The van der Waals surface area contributed by atoms with Crippen LogP contribution < -0.4 is 11.5 Å². The molecule has 5 nitrogen and oxygen atoms in total. The zero-order valence-corrected chi connectivity index (χ0v) is 12.3. The van der Waals surface area contributed by atoms with E-state index in [2.05, 4.69) is 37.7 Å². The van der Waals surface area contributed by atoms with E-state index in [4.69, 9.17) is 11.5 Å². The van der Waals surface area contributed by atoms with Gasteiger partial charge in [0.15, 0.2) is 0 Å². The van der Waals surface area contributed by atoms with E-state index >= 15 is 0 Å². The van der Waals surface area contributed by atoms with Crippen LogP contribution in [0.25, 0.3) is 0 Å². The van der Waals surface area contributed by atoms with Crippen LogP contribution in [-0.2, 0) is 4.79 Å². The van der Waals surface area contributed by atoms with Crippen molar-refractivity contribution in [2.75, 3.05) is 27.2 Å². The summed E-state index contributed by atoms with van der Waals surface area (Å²) in [6.07, 6.45) is 0.606. The lowest BCUT2D eigenvalue weighted by molar-refractivity contribution is -0.123. The van der Waals surface area contributed by atoms with E-state index in [9.17, 15) is 4.79 Å². The predicted molar refractivity (Wildman–Crippen MR) is 74.1 cm³/mol. The maximum atomic E-state index is 11.3. The van der Waals surface area contributed by atoms with Crippen LogP contribution in [0.3, 0.4) is 0 Å². The highest BCUT2D eigenvalue weighted by atomic mass is 16.1. The Labute approximate surface area is 110 Å². The van der Waals surface area contributed by atoms with Crippen molar-refractivity contribution in [3.8, 4) is 0 Å². The first kappa shape index (κ1) is 15.4. The van der Waals surface area contributed by atoms with Crippen molar-refractivity contribution in [1.82, 2.24) is 9.80 Å². The van der Waals surface area contributed by atoms with Gasteiger partial charge in [-0.2, -0.15) is 0 Å². The second kappa shape index (κ2) is 5.55. The fourth-order valence-corrected chi connectivity index (χ4v) is 2.86. The fourth-order valence-electron chi connectivity index (χ4n) is 2.86. The van der Waals surface area contributed by atoms with Gasteiger partial charge in [0.2, 0.25) is 5.91 Å². The smallest absolute Gasteiger partial charge is 0.237 e. The molecule has 18 heavy (non-hydrogen) atoms. The molecule has 0 aromatic rings. The quantitative estimate of drug-likeness (QED) is 0.717. The van der Waals surface area contributed by atoms with Crippen LogP contribution in [0.15, 0.2) is 0 Å². The molecular formula is C13H28N4O. The van der Waals surface area contributed by atoms with E-state index in [1.54, 1.807) is 6.92 Å². The van der Waals surface area contributed by atoms with Crippen molar-refractivity contribution < 1.29 is 4.79 Å². The molecule has 1 amide bonds. The van der Waals surface area contributed by atoms with Crippen LogP contribution in [0.4, 0.5) is 0 Å². The van der Waals surface area contributed by atoms with Crippen LogP contribution in [0.1, 0.15) is 27.2 Å². The van der Waals surface area contributed by atoms with Crippen molar-refractivity contribution in [2.24, 2.45) is 17.4 Å². The molecule has 0 radical (unpaired) electrons. The average Bonchev–Trinajstić information content (AvgIpc) is 2.59. The summed E-state index contributed by atoms with van der Waals surface area (Å²) in [4.78, 5) is 16.0. The highest BCUT2D eigenvalue weighted by molar-refractivity contribution is 5.83. The van der Waals surface area contributed by atoms with Crippen molar-refractivity contribution >= 4 is 5.91 Å². The van der Waals surface area contributed by atoms with Gasteiger partial charge >= 0.3 is 0 Å². The summed E-state index contributed by atoms with van der Waals surface area (Å²) in [6, 6.07) is 0.852. The molecule has 4 unspecified atom stereocenters. The van der Waals surface area contributed by atoms with E-state index in [-0.39, 0.29) is 6.04 Å². The first-order valence-corrected chi connectivity index (χ1v) is 6.64. The van der Waals surface area contributed by atoms with Gasteiger partial charge < -0.3 is 16.4 Å². The van der Waals surface area contributed by atoms with E-state index in [1.165, 1.54) is 0 Å². The SMILES string of the molecule is CC1CN(C(C)CC(C)(N)C(N)=O)CC1N(C)C. The van der Waals surface area contributed by atoms with Gasteiger partial charge in [0.1, 0.15) is 0 Å². The number of carbonyl (C=O) groups excluding carboxylic acids is 1. The number of carbonyl (C=O) groups is 1. The van der Waals surface area contributed by atoms with Crippen molar-refractivity contribution in [1.29, 1.82) is 0 Å². The standard InChI is InChI=1S/C13H28N4O/c1-9-7-17(8-11(9)16(4)5)10(2)6-13(3,15)12(14)18/h9-11H,6-8,15H2,1-5H3,(H2,14,18). The first-order valence-electron chi connectivity index (χ1n) is 6.64. The monoisotopic (exact) mass is 256 g/mol. The summed E-state index contributed by atoms with van der Waals surface area (Å²) in [6.45, 7) is 8.20. The molecule has 0 saturated carbocycles. The maximum absolute atomic E-state index is 11.3. The largest absolute Gasteiger partial charge is 0.368 e. The van der Waals surface area contributed by atoms with Crippen LogP contribution in [0.2, 0.25) is 0 Å². The maximum Gasteiger partial charge on any atom is 0.237 e. The molecule has 106 valence electrons. The number of likely N-dealkylation sites (N-methyl/N-ethyl adjacent to an activating group) is 1. The van der Waals surface area contributed by atoms with Gasteiger partial charge in [-0.05, 0) is 40.3 Å². The minimum atomic E-state index is -0.918. The molecule has 1 heterocycles. The van der Waals surface area contributed by atoms with Gasteiger partial charge in [0, 0.05) is 25.2 Å². The molecule has 0 bridgehead atoms. The van der Waals surface area contributed by atoms with Crippen molar-refractivity contribution in [3.63, 3.8) is 0 Å². The van der Waals surface area contributed by atoms with Gasteiger partial charge in [0.05, 0.1) is 5.54 Å². The van der Waals surface area contributed by atoms with Crippen LogP contribution in [0, 0.1) is 5.92 Å². The number of nitrogens with two attached hydrogens (primary N) is 2. The Balaban J connectivity index is 2.60. The van der Waals surface area contributed by atoms with Crippen LogP contribution >= 0.6 is 0 Å². The zero-order valence-electron chi connectivity index (χ0n) is 12.3. The van der Waals surface area contributed by atoms with Crippen LogP contribution in [-0.4, -0.2) is 60.5 Å². The molecule has 1 fully saturated rings. The average molecular weight is 256 g/mol. The molecule has 1 rings (SSSR count). The number of amides is 1. The number of hydrogen-bond acceptors (Lipinski definition) is 4. The summed E-state index contributed by atoms with van der Waals surface area (Å²) in [7, 11) is 4.23. The van der Waals surface area contributed by atoms with E-state index < -0.39 is 11.4 Å². The molecule has 5 heteroatoms. The summed E-state index contributed by atoms with van der Waals surface area (Å²) in [5.74, 6) is 0.214. The lowest BCUT2D eigenvalue weighted by Gasteiger charge is -2.31. The van der Waals surface area contributed by atoms with Gasteiger partial charge in [-0.25, -0.2) is 0 Å². The molecular weight excluding hydrogens is 228 g/mol. The Hall–Kier alpha value is -0.650. The first-order chi connectivity index (χ1) is 8.15. The third-order valence-corrected chi connectivity index (χ3v) is 4.17. The summed E-state index contributed by atoms with van der Waals surface area (Å²) >= 11 is 0. The number of rotatable bonds is 5. The highest BCUT2D eigenvalue weighted by Gasteiger charge is 2.36. The Bertz CT molecular complexity index is 303. The number of nitrogens with zero attached hydrogens (tertiary/aromatic N) is 2. The summed E-state index contributed by atoms with van der Waals surface area (Å²) < 4.78 is 0. The zero-order chi connectivity index (χ0) is 14.1. The fraction of sp³-hybridized carbons (Fsp3) is 0.923. The highest BCUT2D eigenvalue weighted by Crippen LogP contribution is 2.24. The van der Waals surface area contributed by atoms with E-state index in [1.807, 2.05) is 0 Å². The third-order valence-electron chi connectivity index (χ3n) is 4.17. The third kappa shape index (κ3) is 3.43. The van der Waals surface area contributed by atoms with Crippen molar-refractivity contribution in [2.45, 2.75) is 44.8 Å². The molecule has 0 spiro atoms. The van der Waals surface area contributed by atoms with Gasteiger partial charge in [-0.3, -0.25) is 9.69 Å². The Morgan fingerprint density at radius 1 is 1.50 bits per heavy atom. The second-order valence-electron chi connectivity index (χ2n) is 6.30. The van der Waals surface area contributed by atoms with Crippen LogP contribution in [0.5, 0.6) is 0 Å². The second-order valence-corrected chi connectivity index (χ2v) is 6.30. The number of primary amides is 1. The Morgan fingerprint density at radius 3 is 2.44 bits per heavy atom. The summed E-state index contributed by atoms with van der Waals surface area (Å²) in [5, 5.41) is 0. The minimum absolute atomic E-state index is 0.278. The molecule has 4 atom stereocenters. The predicted octanol–water partition coefficient (Wildman–Crippen LogP) is -0.150. The lowest BCUT2D eigenvalue weighted by Crippen LogP contribution is -2.53. The normalized spacial score (nSPS) is 30.4. The molecule has 4 N–H and O–H groups in total. The Morgan fingerprint density at radius 2 is 2.06 bits per heavy atom. The van der Waals surface area contributed by atoms with Gasteiger partial charge in [0.25, 0.3) is 0 Å². The molecule has 0 aliphatic carbocycles. The van der Waals surface area contributed by atoms with Gasteiger partial charge in [-0.1, -0.05) is 6.92 Å². The summed E-state index contributed by atoms with van der Waals surface area (Å²) in [5.41, 5.74) is 10.4. The molecule has 1 aliphatic rings. The van der Waals surface area contributed by atoms with Gasteiger partial charge in [-0.15, -0.1) is 0 Å². The minimum Gasteiger partial charge on any atom is -0.368 e. The Kier molecular flexibility index (Phi) is 4.75. The van der Waals surface area contributed by atoms with Crippen molar-refractivity contribution in [3.05, 3.63) is 0 Å². The molecule has 0 aromatic carbocycles. The van der Waals surface area contributed by atoms with E-state index in [0.29, 0.717) is 18.4 Å². The molecule has 0 aromatic heterocycles. The lowest BCUT2D eigenvalue weighted by atomic mass is 9.93. The molecule has 1 saturated heterocycles. The topological polar surface area (TPSA) is 75.6 Å². The number of hydrogen-bond donors (Lipinski definition) is 2. The molecule has 1 aliphatic heterocycles.